The maximum Gasteiger partial charge on any atom is 0.343 e. The molecule has 0 spiro atoms. The Bertz CT molecular complexity index is 1280. The minimum atomic E-state index is -0.636. The first kappa shape index (κ1) is 25.7. The van der Waals surface area contributed by atoms with Gasteiger partial charge in [0.15, 0.2) is 11.5 Å². The van der Waals surface area contributed by atoms with E-state index >= 15 is 0 Å². The summed E-state index contributed by atoms with van der Waals surface area (Å²) in [6.45, 7) is 1.68. The summed E-state index contributed by atoms with van der Waals surface area (Å²) in [5.74, 6) is -1.04. The molecule has 0 radical (unpaired) electrons. The molecule has 3 rings (SSSR count). The van der Waals surface area contributed by atoms with Gasteiger partial charge in [0, 0.05) is 5.56 Å². The number of carbonyl (C=O) groups is 3. The van der Waals surface area contributed by atoms with Crippen LogP contribution in [0.15, 0.2) is 65.8 Å². The Kier molecular flexibility index (Phi) is 8.83. The molecule has 3 aromatic rings. The number of halogens is 2. The van der Waals surface area contributed by atoms with Crippen LogP contribution in [0.3, 0.4) is 0 Å². The highest BCUT2D eigenvalue weighted by atomic mass is 35.5. The van der Waals surface area contributed by atoms with Crippen molar-refractivity contribution in [2.75, 3.05) is 13.7 Å². The van der Waals surface area contributed by atoms with Crippen LogP contribution in [0.4, 0.5) is 0 Å². The molecule has 0 aliphatic rings. The Morgan fingerprint density at radius 3 is 2.31 bits per heavy atom. The standard InChI is InChI=1S/C25H21Cl2N3O5/c1-15-3-6-17(7-4-15)24(32)28-14-23(31)30-29-13-16-5-10-21(22(11-16)34-2)35-25(33)18-8-9-19(26)20(27)12-18/h3-13H,14H2,1-2H3,(H,28,32)(H,30,31). The first-order chi connectivity index (χ1) is 16.8. The molecule has 0 saturated heterocycles. The van der Waals surface area contributed by atoms with Crippen molar-refractivity contribution < 1.29 is 23.9 Å². The number of methoxy groups -OCH3 is 1. The number of esters is 1. The molecule has 0 aliphatic carbocycles. The highest BCUT2D eigenvalue weighted by molar-refractivity contribution is 6.42. The van der Waals surface area contributed by atoms with Crippen LogP contribution in [0.5, 0.6) is 11.5 Å². The Morgan fingerprint density at radius 1 is 0.914 bits per heavy atom. The summed E-state index contributed by atoms with van der Waals surface area (Å²) in [5.41, 5.74) is 4.61. The van der Waals surface area contributed by atoms with Crippen LogP contribution >= 0.6 is 23.2 Å². The Labute approximate surface area is 211 Å². The van der Waals surface area contributed by atoms with Crippen molar-refractivity contribution in [3.63, 3.8) is 0 Å². The molecule has 0 heterocycles. The largest absolute Gasteiger partial charge is 0.493 e. The van der Waals surface area contributed by atoms with Gasteiger partial charge in [0.2, 0.25) is 0 Å². The number of amides is 2. The zero-order valence-electron chi connectivity index (χ0n) is 18.8. The van der Waals surface area contributed by atoms with Crippen molar-refractivity contribution in [2.24, 2.45) is 5.10 Å². The van der Waals surface area contributed by atoms with E-state index in [1.807, 2.05) is 19.1 Å². The summed E-state index contributed by atoms with van der Waals surface area (Å²) in [6, 6.07) is 16.1. The van der Waals surface area contributed by atoms with Gasteiger partial charge in [-0.2, -0.15) is 5.10 Å². The monoisotopic (exact) mass is 513 g/mol. The first-order valence-corrected chi connectivity index (χ1v) is 11.0. The maximum absolute atomic E-state index is 12.4. The summed E-state index contributed by atoms with van der Waals surface area (Å²) in [6.07, 6.45) is 1.38. The van der Waals surface area contributed by atoms with Crippen LogP contribution in [0, 0.1) is 6.92 Å². The summed E-state index contributed by atoms with van der Waals surface area (Å²) >= 11 is 11.8. The van der Waals surface area contributed by atoms with E-state index in [4.69, 9.17) is 32.7 Å². The first-order valence-electron chi connectivity index (χ1n) is 10.3. The van der Waals surface area contributed by atoms with Crippen molar-refractivity contribution in [1.29, 1.82) is 0 Å². The van der Waals surface area contributed by atoms with E-state index in [-0.39, 0.29) is 34.5 Å². The van der Waals surface area contributed by atoms with E-state index in [0.29, 0.717) is 16.1 Å². The SMILES string of the molecule is COc1cc(C=NNC(=O)CNC(=O)c2ccc(C)cc2)ccc1OC(=O)c1ccc(Cl)c(Cl)c1. The lowest BCUT2D eigenvalue weighted by Gasteiger charge is -2.10. The summed E-state index contributed by atoms with van der Waals surface area (Å²) < 4.78 is 10.7. The Balaban J connectivity index is 1.55. The van der Waals surface area contributed by atoms with Crippen LogP contribution in [0.25, 0.3) is 0 Å². The molecule has 10 heteroatoms. The lowest BCUT2D eigenvalue weighted by atomic mass is 10.1. The van der Waals surface area contributed by atoms with Gasteiger partial charge in [-0.15, -0.1) is 0 Å². The normalized spacial score (nSPS) is 10.6. The summed E-state index contributed by atoms with van der Waals surface area (Å²) in [7, 11) is 1.42. The summed E-state index contributed by atoms with van der Waals surface area (Å²) in [5, 5.41) is 6.95. The van der Waals surface area contributed by atoms with Crippen molar-refractivity contribution in [3.8, 4) is 11.5 Å². The van der Waals surface area contributed by atoms with Gasteiger partial charge in [0.25, 0.3) is 11.8 Å². The van der Waals surface area contributed by atoms with Gasteiger partial charge in [0.05, 0.1) is 35.5 Å². The van der Waals surface area contributed by atoms with Crippen molar-refractivity contribution in [3.05, 3.63) is 93.0 Å². The second-order valence-corrected chi connectivity index (χ2v) is 8.08. The second kappa shape index (κ2) is 12.0. The molecular formula is C25H21Cl2N3O5. The second-order valence-electron chi connectivity index (χ2n) is 7.27. The van der Waals surface area contributed by atoms with Crippen LogP contribution in [-0.2, 0) is 4.79 Å². The van der Waals surface area contributed by atoms with Crippen molar-refractivity contribution in [1.82, 2.24) is 10.7 Å². The minimum Gasteiger partial charge on any atom is -0.493 e. The molecule has 8 nitrogen and oxygen atoms in total. The minimum absolute atomic E-state index is 0.184. The highest BCUT2D eigenvalue weighted by Gasteiger charge is 2.14. The predicted octanol–water partition coefficient (Wildman–Crippen LogP) is 4.41. The van der Waals surface area contributed by atoms with Gasteiger partial charge in [-0.1, -0.05) is 40.9 Å². The molecule has 180 valence electrons. The van der Waals surface area contributed by atoms with Crippen LogP contribution < -0.4 is 20.2 Å². The van der Waals surface area contributed by atoms with Gasteiger partial charge < -0.3 is 14.8 Å². The number of hydrazone groups is 1. The number of rotatable bonds is 8. The average Bonchev–Trinajstić information content (AvgIpc) is 2.85. The third-order valence-electron chi connectivity index (χ3n) is 4.67. The number of hydrogen-bond acceptors (Lipinski definition) is 6. The smallest absolute Gasteiger partial charge is 0.343 e. The zero-order valence-corrected chi connectivity index (χ0v) is 20.3. The zero-order chi connectivity index (χ0) is 25.4. The molecule has 0 bridgehead atoms. The molecule has 0 unspecified atom stereocenters. The molecule has 0 fully saturated rings. The molecule has 3 aromatic carbocycles. The van der Waals surface area contributed by atoms with E-state index < -0.39 is 11.9 Å². The third kappa shape index (κ3) is 7.30. The quantitative estimate of drug-likeness (QED) is 0.201. The number of nitrogens with zero attached hydrogens (tertiary/aromatic N) is 1. The Hall–Kier alpha value is -3.88. The third-order valence-corrected chi connectivity index (χ3v) is 5.41. The number of ether oxygens (including phenoxy) is 2. The van der Waals surface area contributed by atoms with E-state index in [9.17, 15) is 14.4 Å². The molecule has 0 aromatic heterocycles. The maximum atomic E-state index is 12.4. The molecular weight excluding hydrogens is 493 g/mol. The van der Waals surface area contributed by atoms with Gasteiger partial charge in [-0.3, -0.25) is 9.59 Å². The lowest BCUT2D eigenvalue weighted by molar-refractivity contribution is -0.120. The summed E-state index contributed by atoms with van der Waals surface area (Å²) in [4.78, 5) is 36.4. The van der Waals surface area contributed by atoms with E-state index in [2.05, 4.69) is 15.8 Å². The number of nitrogens with one attached hydrogen (secondary N) is 2. The highest BCUT2D eigenvalue weighted by Crippen LogP contribution is 2.29. The van der Waals surface area contributed by atoms with Crippen LogP contribution in [-0.4, -0.2) is 37.7 Å². The fourth-order valence-corrected chi connectivity index (χ4v) is 3.11. The molecule has 2 N–H and O–H groups in total. The number of hydrogen-bond donors (Lipinski definition) is 2. The number of carbonyl (C=O) groups excluding carboxylic acids is 3. The van der Waals surface area contributed by atoms with Gasteiger partial charge in [-0.05, 0) is 61.0 Å². The van der Waals surface area contributed by atoms with E-state index in [0.717, 1.165) is 5.56 Å². The van der Waals surface area contributed by atoms with Crippen LogP contribution in [0.2, 0.25) is 10.0 Å². The topological polar surface area (TPSA) is 106 Å². The fourth-order valence-electron chi connectivity index (χ4n) is 2.82. The fraction of sp³-hybridized carbons (Fsp3) is 0.120. The molecule has 2 amide bonds. The van der Waals surface area contributed by atoms with E-state index in [1.54, 1.807) is 24.3 Å². The van der Waals surface area contributed by atoms with Gasteiger partial charge in [0.1, 0.15) is 0 Å². The lowest BCUT2D eigenvalue weighted by Crippen LogP contribution is -2.34. The van der Waals surface area contributed by atoms with Gasteiger partial charge >= 0.3 is 5.97 Å². The van der Waals surface area contributed by atoms with Gasteiger partial charge in [-0.25, -0.2) is 10.2 Å². The Morgan fingerprint density at radius 2 is 1.63 bits per heavy atom. The van der Waals surface area contributed by atoms with Crippen molar-refractivity contribution in [2.45, 2.75) is 6.92 Å². The molecule has 0 saturated carbocycles. The number of aryl methyl sites for hydroxylation is 1. The van der Waals surface area contributed by atoms with E-state index in [1.165, 1.54) is 37.6 Å². The molecule has 0 aliphatic heterocycles. The van der Waals surface area contributed by atoms with Crippen molar-refractivity contribution >= 4 is 47.2 Å². The molecule has 0 atom stereocenters. The predicted molar refractivity (Wildman–Crippen MR) is 134 cm³/mol. The average molecular weight is 514 g/mol. The van der Waals surface area contributed by atoms with Crippen LogP contribution in [0.1, 0.15) is 31.8 Å². The molecule has 35 heavy (non-hydrogen) atoms. The number of benzene rings is 3.